The summed E-state index contributed by atoms with van der Waals surface area (Å²) in [7, 11) is 1.46. The van der Waals surface area contributed by atoms with E-state index in [-0.39, 0.29) is 6.09 Å². The molecule has 0 aliphatic carbocycles. The van der Waals surface area contributed by atoms with Crippen LogP contribution in [0.1, 0.15) is 25.7 Å². The van der Waals surface area contributed by atoms with Gasteiger partial charge in [-0.15, -0.1) is 0 Å². The summed E-state index contributed by atoms with van der Waals surface area (Å²) in [6.07, 6.45) is 4.49. The van der Waals surface area contributed by atoms with Gasteiger partial charge in [0.15, 0.2) is 0 Å². The molecule has 2 heterocycles. The molecule has 0 aromatic carbocycles. The van der Waals surface area contributed by atoms with Crippen molar-refractivity contribution in [2.24, 2.45) is 0 Å². The third-order valence-corrected chi connectivity index (χ3v) is 3.27. The normalized spacial score (nSPS) is 32.2. The second-order valence-corrected chi connectivity index (χ2v) is 4.08. The summed E-state index contributed by atoms with van der Waals surface area (Å²) in [5.41, 5.74) is 0. The third-order valence-electron chi connectivity index (χ3n) is 3.27. The van der Waals surface area contributed by atoms with Crippen molar-refractivity contribution in [2.75, 3.05) is 20.2 Å². The molecular weight excluding hydrogens is 180 g/mol. The van der Waals surface area contributed by atoms with Crippen molar-refractivity contribution in [2.45, 2.75) is 37.8 Å². The number of hydrogen-bond acceptors (Lipinski definition) is 3. The number of ether oxygens (including phenoxy) is 1. The quantitative estimate of drug-likeness (QED) is 0.682. The van der Waals surface area contributed by atoms with Crippen LogP contribution in [0.15, 0.2) is 0 Å². The van der Waals surface area contributed by atoms with Gasteiger partial charge in [-0.2, -0.15) is 0 Å². The average molecular weight is 198 g/mol. The Kier molecular flexibility index (Phi) is 2.91. The first-order valence-corrected chi connectivity index (χ1v) is 5.41. The minimum Gasteiger partial charge on any atom is -0.453 e. The molecule has 2 saturated heterocycles. The zero-order chi connectivity index (χ0) is 9.97. The molecule has 4 nitrogen and oxygen atoms in total. The molecule has 2 rings (SSSR count). The molecule has 2 fully saturated rings. The molecule has 0 saturated carbocycles. The Morgan fingerprint density at radius 1 is 1.43 bits per heavy atom. The Hall–Kier alpha value is -0.770. The van der Waals surface area contributed by atoms with Gasteiger partial charge in [0.05, 0.1) is 13.2 Å². The van der Waals surface area contributed by atoms with Gasteiger partial charge in [-0.3, -0.25) is 0 Å². The average Bonchev–Trinajstić information content (AvgIpc) is 2.85. The van der Waals surface area contributed by atoms with Gasteiger partial charge in [0, 0.05) is 12.6 Å². The molecule has 0 spiro atoms. The fourth-order valence-electron chi connectivity index (χ4n) is 2.59. The van der Waals surface area contributed by atoms with Gasteiger partial charge < -0.3 is 15.0 Å². The van der Waals surface area contributed by atoms with E-state index in [0.717, 1.165) is 25.9 Å². The van der Waals surface area contributed by atoms with Crippen molar-refractivity contribution in [3.63, 3.8) is 0 Å². The van der Waals surface area contributed by atoms with Crippen LogP contribution in [0.2, 0.25) is 0 Å². The maximum absolute atomic E-state index is 11.5. The summed E-state index contributed by atoms with van der Waals surface area (Å²) >= 11 is 0. The number of methoxy groups -OCH3 is 1. The number of hydrogen-bond donors (Lipinski definition) is 1. The molecule has 1 N–H and O–H groups in total. The van der Waals surface area contributed by atoms with Crippen LogP contribution in [0.5, 0.6) is 0 Å². The maximum atomic E-state index is 11.5. The second kappa shape index (κ2) is 4.17. The van der Waals surface area contributed by atoms with Crippen LogP contribution in [0.25, 0.3) is 0 Å². The highest BCUT2D eigenvalue weighted by Gasteiger charge is 2.36. The highest BCUT2D eigenvalue weighted by molar-refractivity contribution is 5.68. The number of carbonyl (C=O) groups is 1. The Morgan fingerprint density at radius 3 is 2.93 bits per heavy atom. The number of nitrogens with one attached hydrogen (secondary N) is 1. The van der Waals surface area contributed by atoms with Crippen molar-refractivity contribution in [1.82, 2.24) is 10.2 Å². The van der Waals surface area contributed by atoms with Gasteiger partial charge in [0.2, 0.25) is 0 Å². The summed E-state index contributed by atoms with van der Waals surface area (Å²) < 4.78 is 4.78. The first kappa shape index (κ1) is 9.77. The summed E-state index contributed by atoms with van der Waals surface area (Å²) in [5.74, 6) is 0. The molecule has 0 bridgehead atoms. The largest absolute Gasteiger partial charge is 0.453 e. The predicted molar refractivity (Wildman–Crippen MR) is 53.2 cm³/mol. The van der Waals surface area contributed by atoms with E-state index < -0.39 is 0 Å². The molecule has 2 atom stereocenters. The first-order valence-electron chi connectivity index (χ1n) is 5.41. The van der Waals surface area contributed by atoms with E-state index >= 15 is 0 Å². The maximum Gasteiger partial charge on any atom is 0.409 e. The number of rotatable bonds is 1. The zero-order valence-electron chi connectivity index (χ0n) is 8.66. The predicted octanol–water partition coefficient (Wildman–Crippen LogP) is 0.969. The van der Waals surface area contributed by atoms with Crippen molar-refractivity contribution in [1.29, 1.82) is 0 Å². The fraction of sp³-hybridized carbons (Fsp3) is 0.900. The summed E-state index contributed by atoms with van der Waals surface area (Å²) in [6, 6.07) is 0.863. The molecule has 2 unspecified atom stereocenters. The molecule has 2 aliphatic heterocycles. The minimum atomic E-state index is -0.166. The fourth-order valence-corrected chi connectivity index (χ4v) is 2.59. The first-order chi connectivity index (χ1) is 6.83. The Bertz CT molecular complexity index is 214. The number of nitrogens with zero attached hydrogens (tertiary/aromatic N) is 1. The van der Waals surface area contributed by atoms with Crippen LogP contribution in [0.3, 0.4) is 0 Å². The van der Waals surface area contributed by atoms with Gasteiger partial charge >= 0.3 is 6.09 Å². The highest BCUT2D eigenvalue weighted by atomic mass is 16.5. The molecule has 80 valence electrons. The number of amides is 1. The van der Waals surface area contributed by atoms with Crippen LogP contribution >= 0.6 is 0 Å². The van der Waals surface area contributed by atoms with E-state index in [9.17, 15) is 4.79 Å². The Morgan fingerprint density at radius 2 is 2.29 bits per heavy atom. The van der Waals surface area contributed by atoms with Crippen molar-refractivity contribution in [3.8, 4) is 0 Å². The minimum absolute atomic E-state index is 0.166. The lowest BCUT2D eigenvalue weighted by atomic mass is 10.0. The van der Waals surface area contributed by atoms with Crippen LogP contribution < -0.4 is 5.32 Å². The molecule has 2 aliphatic rings. The van der Waals surface area contributed by atoms with Gasteiger partial charge in [-0.25, -0.2) is 4.79 Å². The molecule has 14 heavy (non-hydrogen) atoms. The van der Waals surface area contributed by atoms with E-state index in [1.165, 1.54) is 20.0 Å². The summed E-state index contributed by atoms with van der Waals surface area (Å²) in [5, 5.41) is 3.46. The van der Waals surface area contributed by atoms with E-state index in [1.54, 1.807) is 0 Å². The monoisotopic (exact) mass is 198 g/mol. The van der Waals surface area contributed by atoms with Crippen LogP contribution in [-0.4, -0.2) is 43.3 Å². The Balaban J connectivity index is 1.98. The van der Waals surface area contributed by atoms with Gasteiger partial charge in [0.25, 0.3) is 0 Å². The Labute approximate surface area is 84.6 Å². The highest BCUT2D eigenvalue weighted by Crippen LogP contribution is 2.25. The van der Waals surface area contributed by atoms with Crippen molar-refractivity contribution < 1.29 is 9.53 Å². The third kappa shape index (κ3) is 1.71. The molecule has 1 amide bonds. The van der Waals surface area contributed by atoms with E-state index in [0.29, 0.717) is 12.1 Å². The van der Waals surface area contributed by atoms with E-state index in [2.05, 4.69) is 5.32 Å². The summed E-state index contributed by atoms with van der Waals surface area (Å²) in [4.78, 5) is 13.3. The van der Waals surface area contributed by atoms with Crippen molar-refractivity contribution >= 4 is 6.09 Å². The molecular formula is C10H18N2O2. The van der Waals surface area contributed by atoms with E-state index in [1.807, 2.05) is 4.90 Å². The second-order valence-electron chi connectivity index (χ2n) is 4.08. The molecule has 0 radical (unpaired) electrons. The van der Waals surface area contributed by atoms with Gasteiger partial charge in [-0.1, -0.05) is 0 Å². The van der Waals surface area contributed by atoms with Crippen LogP contribution in [0.4, 0.5) is 4.79 Å². The topological polar surface area (TPSA) is 41.6 Å². The molecule has 0 aromatic heterocycles. The lowest BCUT2D eigenvalue weighted by molar-refractivity contribution is 0.112. The van der Waals surface area contributed by atoms with Crippen molar-refractivity contribution in [3.05, 3.63) is 0 Å². The van der Waals surface area contributed by atoms with Gasteiger partial charge in [0.1, 0.15) is 0 Å². The lowest BCUT2D eigenvalue weighted by Gasteiger charge is -2.28. The van der Waals surface area contributed by atoms with Crippen LogP contribution in [-0.2, 0) is 4.74 Å². The molecule has 0 aromatic rings. The SMILES string of the molecule is COC(=O)N1CCCC1C1CCCN1. The smallest absolute Gasteiger partial charge is 0.409 e. The lowest BCUT2D eigenvalue weighted by Crippen LogP contribution is -2.46. The van der Waals surface area contributed by atoms with Gasteiger partial charge in [-0.05, 0) is 32.2 Å². The number of carbonyl (C=O) groups excluding carboxylic acids is 1. The standard InChI is InChI=1S/C10H18N2O2/c1-14-10(13)12-7-3-5-9(12)8-4-2-6-11-8/h8-9,11H,2-7H2,1H3. The zero-order valence-corrected chi connectivity index (χ0v) is 8.66. The van der Waals surface area contributed by atoms with Crippen LogP contribution in [0, 0.1) is 0 Å². The number of likely N-dealkylation sites (tertiary alicyclic amines) is 1. The summed E-state index contributed by atoms with van der Waals surface area (Å²) in [6.45, 7) is 1.95. The molecule has 4 heteroatoms. The van der Waals surface area contributed by atoms with E-state index in [4.69, 9.17) is 4.74 Å².